The van der Waals surface area contributed by atoms with Gasteiger partial charge in [-0.25, -0.2) is 4.98 Å². The molecule has 6 nitrogen and oxygen atoms in total. The van der Waals surface area contributed by atoms with Crippen LogP contribution in [0.1, 0.15) is 5.56 Å². The highest BCUT2D eigenvalue weighted by molar-refractivity contribution is 7.99. The molecule has 0 aliphatic heterocycles. The molecule has 13 heteroatoms. The van der Waals surface area contributed by atoms with Crippen LogP contribution in [0, 0.1) is 0 Å². The van der Waals surface area contributed by atoms with Gasteiger partial charge in [0.2, 0.25) is 5.91 Å². The van der Waals surface area contributed by atoms with Crippen LogP contribution >= 0.6 is 46.6 Å². The number of halogens is 6. The molecule has 0 saturated heterocycles. The predicted molar refractivity (Wildman–Crippen MR) is 96.6 cm³/mol. The van der Waals surface area contributed by atoms with Gasteiger partial charge in [-0.15, -0.1) is 10.2 Å². The van der Waals surface area contributed by atoms with Crippen LogP contribution < -0.4 is 5.32 Å². The minimum atomic E-state index is -4.58. The topological polar surface area (TPSA) is 72.2 Å². The van der Waals surface area contributed by atoms with Crippen LogP contribution in [-0.2, 0) is 11.0 Å². The fraction of sp³-hybridized carbons (Fsp3) is 0.143. The van der Waals surface area contributed by atoms with Crippen molar-refractivity contribution < 1.29 is 18.0 Å². The maximum absolute atomic E-state index is 12.6. The number of amides is 1. The summed E-state index contributed by atoms with van der Waals surface area (Å²) >= 11 is 18.7. The van der Waals surface area contributed by atoms with E-state index in [1.54, 1.807) is 0 Å². The van der Waals surface area contributed by atoms with Gasteiger partial charge in [0.15, 0.2) is 16.6 Å². The number of anilines is 1. The molecule has 27 heavy (non-hydrogen) atoms. The maximum atomic E-state index is 12.6. The lowest BCUT2D eigenvalue weighted by Gasteiger charge is -2.09. The predicted octanol–water partition coefficient (Wildman–Crippen LogP) is 4.83. The van der Waals surface area contributed by atoms with Crippen LogP contribution in [0.4, 0.5) is 19.0 Å². The molecule has 3 heterocycles. The Bertz CT molecular complexity index is 1030. The zero-order chi connectivity index (χ0) is 19.8. The molecule has 1 amide bonds. The van der Waals surface area contributed by atoms with Crippen molar-refractivity contribution in [2.75, 3.05) is 11.1 Å². The zero-order valence-electron chi connectivity index (χ0n) is 12.9. The van der Waals surface area contributed by atoms with Crippen LogP contribution in [-0.4, -0.2) is 31.2 Å². The summed E-state index contributed by atoms with van der Waals surface area (Å²) in [7, 11) is 0. The highest BCUT2D eigenvalue weighted by Gasteiger charge is 2.31. The molecule has 3 aromatic heterocycles. The minimum Gasteiger partial charge on any atom is -0.309 e. The first-order chi connectivity index (χ1) is 12.6. The number of rotatable bonds is 4. The molecule has 0 spiro atoms. The van der Waals surface area contributed by atoms with E-state index < -0.39 is 17.6 Å². The monoisotopic (exact) mass is 455 g/mol. The Hall–Kier alpha value is -1.75. The molecule has 0 radical (unpaired) electrons. The van der Waals surface area contributed by atoms with E-state index in [0.717, 1.165) is 11.8 Å². The number of carbonyl (C=O) groups excluding carboxylic acids is 1. The van der Waals surface area contributed by atoms with Gasteiger partial charge in [0, 0.05) is 12.4 Å². The lowest BCUT2D eigenvalue weighted by molar-refractivity contribution is -0.137. The normalized spacial score (nSPS) is 11.8. The third kappa shape index (κ3) is 4.57. The summed E-state index contributed by atoms with van der Waals surface area (Å²) in [6, 6.07) is 2.19. The van der Waals surface area contributed by atoms with E-state index in [1.165, 1.54) is 16.7 Å². The standard InChI is InChI=1S/C14H7Cl3F3N5OS/c15-7-2-9(17)12-23-24-13(25(12)4-7)27-5-10(26)22-11-8(16)1-6(3-21-11)14(18,19)20/h1-4H,5H2,(H,21,22,26). The Morgan fingerprint density at radius 1 is 1.19 bits per heavy atom. The summed E-state index contributed by atoms with van der Waals surface area (Å²) < 4.78 is 39.3. The summed E-state index contributed by atoms with van der Waals surface area (Å²) in [6.45, 7) is 0. The minimum absolute atomic E-state index is 0.121. The first kappa shape index (κ1) is 20.0. The van der Waals surface area contributed by atoms with Gasteiger partial charge in [0.25, 0.3) is 0 Å². The van der Waals surface area contributed by atoms with Gasteiger partial charge in [-0.2, -0.15) is 13.2 Å². The second-order valence-corrected chi connectivity index (χ2v) is 7.26. The molecule has 0 saturated carbocycles. The van der Waals surface area contributed by atoms with Crippen molar-refractivity contribution in [2.24, 2.45) is 0 Å². The number of hydrogen-bond donors (Lipinski definition) is 1. The highest BCUT2D eigenvalue weighted by atomic mass is 35.5. The molecular formula is C14H7Cl3F3N5OS. The molecule has 3 rings (SSSR count). The van der Waals surface area contributed by atoms with Crippen molar-refractivity contribution in [3.8, 4) is 0 Å². The summed E-state index contributed by atoms with van der Waals surface area (Å²) in [4.78, 5) is 15.6. The van der Waals surface area contributed by atoms with Gasteiger partial charge >= 0.3 is 6.18 Å². The number of fused-ring (bicyclic) bond motifs is 1. The largest absolute Gasteiger partial charge is 0.417 e. The van der Waals surface area contributed by atoms with E-state index in [0.29, 0.717) is 33.1 Å². The molecule has 0 aliphatic rings. The van der Waals surface area contributed by atoms with Crippen molar-refractivity contribution in [3.63, 3.8) is 0 Å². The zero-order valence-corrected chi connectivity index (χ0v) is 16.0. The van der Waals surface area contributed by atoms with E-state index in [9.17, 15) is 18.0 Å². The van der Waals surface area contributed by atoms with Crippen LogP contribution in [0.5, 0.6) is 0 Å². The lowest BCUT2D eigenvalue weighted by atomic mass is 10.3. The van der Waals surface area contributed by atoms with E-state index in [1.807, 2.05) is 0 Å². The first-order valence-corrected chi connectivity index (χ1v) is 9.12. The highest BCUT2D eigenvalue weighted by Crippen LogP contribution is 2.32. The number of aromatic nitrogens is 4. The van der Waals surface area contributed by atoms with Gasteiger partial charge in [0.1, 0.15) is 0 Å². The second-order valence-electron chi connectivity index (χ2n) is 5.07. The van der Waals surface area contributed by atoms with Crippen molar-refractivity contribution >= 4 is 63.9 Å². The van der Waals surface area contributed by atoms with E-state index >= 15 is 0 Å². The van der Waals surface area contributed by atoms with E-state index in [4.69, 9.17) is 34.8 Å². The lowest BCUT2D eigenvalue weighted by Crippen LogP contribution is -2.16. The fourth-order valence-electron chi connectivity index (χ4n) is 1.98. The van der Waals surface area contributed by atoms with Gasteiger partial charge < -0.3 is 5.32 Å². The molecule has 3 aromatic rings. The number of alkyl halides is 3. The summed E-state index contributed by atoms with van der Waals surface area (Å²) in [5.74, 6) is -0.837. The maximum Gasteiger partial charge on any atom is 0.417 e. The molecule has 142 valence electrons. The Morgan fingerprint density at radius 2 is 1.93 bits per heavy atom. The molecular weight excluding hydrogens is 450 g/mol. The summed E-state index contributed by atoms with van der Waals surface area (Å²) in [5, 5.41) is 10.9. The van der Waals surface area contributed by atoms with Gasteiger partial charge in [-0.05, 0) is 12.1 Å². The Morgan fingerprint density at radius 3 is 2.59 bits per heavy atom. The van der Waals surface area contributed by atoms with Gasteiger partial charge in [-0.1, -0.05) is 46.6 Å². The van der Waals surface area contributed by atoms with Crippen LogP contribution in [0.15, 0.2) is 29.7 Å². The third-order valence-corrected chi connectivity index (χ3v) is 4.87. The summed E-state index contributed by atoms with van der Waals surface area (Å²) in [5.41, 5.74) is -0.639. The molecule has 0 fully saturated rings. The van der Waals surface area contributed by atoms with Gasteiger partial charge in [-0.3, -0.25) is 9.20 Å². The number of carbonyl (C=O) groups is 1. The van der Waals surface area contributed by atoms with Gasteiger partial charge in [0.05, 0.1) is 26.4 Å². The number of nitrogens with one attached hydrogen (secondary N) is 1. The van der Waals surface area contributed by atoms with Crippen LogP contribution in [0.3, 0.4) is 0 Å². The number of pyridine rings is 2. The number of hydrogen-bond acceptors (Lipinski definition) is 5. The summed E-state index contributed by atoms with van der Waals surface area (Å²) in [6.07, 6.45) is -2.45. The molecule has 0 aromatic carbocycles. The SMILES string of the molecule is O=C(CSc1nnc2c(Cl)cc(Cl)cn12)Nc1ncc(C(F)(F)F)cc1Cl. The molecule has 0 aliphatic carbocycles. The fourth-order valence-corrected chi connectivity index (χ4v) is 3.42. The van der Waals surface area contributed by atoms with Crippen LogP contribution in [0.2, 0.25) is 15.1 Å². The van der Waals surface area contributed by atoms with Crippen molar-refractivity contribution in [1.82, 2.24) is 19.6 Å². The Labute approximate surface area is 169 Å². The third-order valence-electron chi connectivity index (χ3n) is 3.15. The Balaban J connectivity index is 1.69. The van der Waals surface area contributed by atoms with Crippen molar-refractivity contribution in [1.29, 1.82) is 0 Å². The molecule has 0 atom stereocenters. The van der Waals surface area contributed by atoms with E-state index in [-0.39, 0.29) is 16.6 Å². The smallest absolute Gasteiger partial charge is 0.309 e. The van der Waals surface area contributed by atoms with Crippen molar-refractivity contribution in [2.45, 2.75) is 11.3 Å². The van der Waals surface area contributed by atoms with E-state index in [2.05, 4.69) is 20.5 Å². The average Bonchev–Trinajstić information content (AvgIpc) is 2.97. The molecule has 1 N–H and O–H groups in total. The quantitative estimate of drug-likeness (QED) is 0.569. The number of nitrogens with zero attached hydrogens (tertiary/aromatic N) is 4. The average molecular weight is 457 g/mol. The molecule has 0 unspecified atom stereocenters. The van der Waals surface area contributed by atoms with Crippen molar-refractivity contribution in [3.05, 3.63) is 45.2 Å². The second kappa shape index (κ2) is 7.70. The first-order valence-electron chi connectivity index (χ1n) is 7.00. The van der Waals surface area contributed by atoms with Crippen LogP contribution in [0.25, 0.3) is 5.65 Å². The Kier molecular flexibility index (Phi) is 5.71. The number of thioether (sulfide) groups is 1. The molecule has 0 bridgehead atoms.